The standard InChI is InChI=1S/C18H18FN5O3/c19-13-4-6-14(7-5-13)22-17-15(16(21)25)10-24(23-17)27-18(26)12-3-1-2-11(8-12)9-20/h4-7,10-12H,1-3,8H2,(H2,21,25)(H,22,23). The van der Waals surface area contributed by atoms with Crippen LogP contribution in [-0.2, 0) is 4.79 Å². The van der Waals surface area contributed by atoms with Crippen LogP contribution in [0.5, 0.6) is 0 Å². The fourth-order valence-electron chi connectivity index (χ4n) is 3.03. The summed E-state index contributed by atoms with van der Waals surface area (Å²) in [4.78, 5) is 30.1. The van der Waals surface area contributed by atoms with Crippen molar-refractivity contribution in [2.45, 2.75) is 25.7 Å². The Bertz CT molecular complexity index is 887. The van der Waals surface area contributed by atoms with Gasteiger partial charge in [0.2, 0.25) is 0 Å². The quantitative estimate of drug-likeness (QED) is 0.830. The molecule has 27 heavy (non-hydrogen) atoms. The maximum atomic E-state index is 13.0. The Hall–Kier alpha value is -3.41. The lowest BCUT2D eigenvalue weighted by molar-refractivity contribution is -0.152. The summed E-state index contributed by atoms with van der Waals surface area (Å²) >= 11 is 0. The summed E-state index contributed by atoms with van der Waals surface area (Å²) in [5, 5.41) is 15.9. The molecule has 0 saturated heterocycles. The number of rotatable bonds is 5. The number of nitriles is 1. The predicted octanol–water partition coefficient (Wildman–Crippen LogP) is 2.15. The molecule has 0 spiro atoms. The van der Waals surface area contributed by atoms with E-state index in [-0.39, 0.29) is 17.3 Å². The Morgan fingerprint density at radius 2 is 2.07 bits per heavy atom. The van der Waals surface area contributed by atoms with Gasteiger partial charge in [0.1, 0.15) is 11.4 Å². The number of benzene rings is 1. The average Bonchev–Trinajstić information content (AvgIpc) is 3.06. The molecule has 3 rings (SSSR count). The summed E-state index contributed by atoms with van der Waals surface area (Å²) < 4.78 is 13.0. The molecule has 2 atom stereocenters. The number of hydrogen-bond acceptors (Lipinski definition) is 6. The van der Waals surface area contributed by atoms with E-state index in [4.69, 9.17) is 15.8 Å². The van der Waals surface area contributed by atoms with E-state index in [0.717, 1.165) is 17.7 Å². The monoisotopic (exact) mass is 371 g/mol. The number of carbonyl (C=O) groups excluding carboxylic acids is 2. The third-order valence-electron chi connectivity index (χ3n) is 4.44. The van der Waals surface area contributed by atoms with E-state index >= 15 is 0 Å². The molecule has 2 aromatic rings. The van der Waals surface area contributed by atoms with Crippen LogP contribution < -0.4 is 15.9 Å². The summed E-state index contributed by atoms with van der Waals surface area (Å²) in [6.07, 6.45) is 3.85. The van der Waals surface area contributed by atoms with Crippen LogP contribution in [0.4, 0.5) is 15.9 Å². The molecule has 2 unspecified atom stereocenters. The molecule has 140 valence electrons. The van der Waals surface area contributed by atoms with Crippen LogP contribution in [0.3, 0.4) is 0 Å². The molecular weight excluding hydrogens is 353 g/mol. The molecule has 1 fully saturated rings. The van der Waals surface area contributed by atoms with E-state index in [2.05, 4.69) is 16.5 Å². The van der Waals surface area contributed by atoms with Crippen LogP contribution in [0, 0.1) is 29.0 Å². The highest BCUT2D eigenvalue weighted by atomic mass is 19.1. The first-order valence-electron chi connectivity index (χ1n) is 8.50. The summed E-state index contributed by atoms with van der Waals surface area (Å²) in [6, 6.07) is 7.61. The van der Waals surface area contributed by atoms with Crippen LogP contribution in [-0.4, -0.2) is 21.8 Å². The number of anilines is 2. The minimum atomic E-state index is -0.760. The molecule has 3 N–H and O–H groups in total. The average molecular weight is 371 g/mol. The lowest BCUT2D eigenvalue weighted by Crippen LogP contribution is -2.31. The van der Waals surface area contributed by atoms with Gasteiger partial charge in [-0.05, 0) is 43.5 Å². The van der Waals surface area contributed by atoms with Gasteiger partial charge in [-0.2, -0.15) is 5.26 Å². The van der Waals surface area contributed by atoms with E-state index in [9.17, 15) is 14.0 Å². The van der Waals surface area contributed by atoms with Crippen LogP contribution in [0.15, 0.2) is 30.5 Å². The van der Waals surface area contributed by atoms with E-state index < -0.39 is 23.6 Å². The van der Waals surface area contributed by atoms with Crippen molar-refractivity contribution < 1.29 is 18.8 Å². The molecule has 1 aromatic carbocycles. The van der Waals surface area contributed by atoms with Crippen molar-refractivity contribution in [3.63, 3.8) is 0 Å². The fourth-order valence-corrected chi connectivity index (χ4v) is 3.03. The van der Waals surface area contributed by atoms with Gasteiger partial charge in [0.25, 0.3) is 5.91 Å². The maximum absolute atomic E-state index is 13.0. The van der Waals surface area contributed by atoms with Gasteiger partial charge in [-0.15, -0.1) is 5.10 Å². The normalized spacial score (nSPS) is 19.1. The molecule has 1 saturated carbocycles. The van der Waals surface area contributed by atoms with Crippen LogP contribution in [0.25, 0.3) is 0 Å². The molecule has 1 aromatic heterocycles. The first-order valence-corrected chi connectivity index (χ1v) is 8.50. The van der Waals surface area contributed by atoms with Crippen LogP contribution in [0.1, 0.15) is 36.0 Å². The number of aromatic nitrogens is 2. The first-order chi connectivity index (χ1) is 13.0. The topological polar surface area (TPSA) is 123 Å². The van der Waals surface area contributed by atoms with E-state index in [1.807, 2.05) is 0 Å². The van der Waals surface area contributed by atoms with Crippen molar-refractivity contribution >= 4 is 23.4 Å². The minimum absolute atomic E-state index is 0.0191. The highest BCUT2D eigenvalue weighted by Crippen LogP contribution is 2.29. The number of nitrogens with zero attached hydrogens (tertiary/aromatic N) is 3. The lowest BCUT2D eigenvalue weighted by atomic mass is 9.82. The maximum Gasteiger partial charge on any atom is 0.338 e. The summed E-state index contributed by atoms with van der Waals surface area (Å²) in [6.45, 7) is 0. The van der Waals surface area contributed by atoms with Crippen LogP contribution >= 0.6 is 0 Å². The Balaban J connectivity index is 1.74. The van der Waals surface area contributed by atoms with Crippen molar-refractivity contribution in [1.82, 2.24) is 9.94 Å². The Kier molecular flexibility index (Phi) is 5.35. The smallest absolute Gasteiger partial charge is 0.338 e. The zero-order valence-corrected chi connectivity index (χ0v) is 14.4. The molecule has 1 aliphatic carbocycles. The molecule has 0 radical (unpaired) electrons. The molecule has 1 aliphatic rings. The van der Waals surface area contributed by atoms with Crippen LogP contribution in [0.2, 0.25) is 0 Å². The first kappa shape index (κ1) is 18.4. The number of nitrogens with two attached hydrogens (primary N) is 1. The van der Waals surface area contributed by atoms with Crippen molar-refractivity contribution in [3.05, 3.63) is 41.8 Å². The molecular formula is C18H18FN5O3. The van der Waals surface area contributed by atoms with Crippen molar-refractivity contribution in [3.8, 4) is 6.07 Å². The van der Waals surface area contributed by atoms with E-state index in [0.29, 0.717) is 18.5 Å². The molecule has 0 aliphatic heterocycles. The Labute approximate surface area is 154 Å². The van der Waals surface area contributed by atoms with Gasteiger partial charge in [0.05, 0.1) is 18.2 Å². The van der Waals surface area contributed by atoms with Gasteiger partial charge < -0.3 is 15.9 Å². The Morgan fingerprint density at radius 3 is 2.74 bits per heavy atom. The zero-order chi connectivity index (χ0) is 19.4. The fraction of sp³-hybridized carbons (Fsp3) is 0.333. The number of nitrogens with one attached hydrogen (secondary N) is 1. The van der Waals surface area contributed by atoms with Crippen molar-refractivity contribution in [2.75, 3.05) is 5.32 Å². The second kappa shape index (κ2) is 7.86. The summed E-state index contributed by atoms with van der Waals surface area (Å²) in [7, 11) is 0. The number of primary amides is 1. The largest absolute Gasteiger partial charge is 0.365 e. The van der Waals surface area contributed by atoms with Crippen molar-refractivity contribution in [1.29, 1.82) is 5.26 Å². The zero-order valence-electron chi connectivity index (χ0n) is 14.4. The van der Waals surface area contributed by atoms with Gasteiger partial charge in [0.15, 0.2) is 5.82 Å². The van der Waals surface area contributed by atoms with Gasteiger partial charge in [-0.3, -0.25) is 4.79 Å². The second-order valence-electron chi connectivity index (χ2n) is 6.39. The highest BCUT2D eigenvalue weighted by molar-refractivity contribution is 5.98. The molecule has 1 heterocycles. The number of halogens is 1. The summed E-state index contributed by atoms with van der Waals surface area (Å²) in [5.41, 5.74) is 5.85. The number of hydrogen-bond donors (Lipinski definition) is 2. The Morgan fingerprint density at radius 1 is 1.33 bits per heavy atom. The summed E-state index contributed by atoms with van der Waals surface area (Å²) in [5.74, 6) is -2.14. The molecule has 1 amide bonds. The van der Waals surface area contributed by atoms with E-state index in [1.54, 1.807) is 0 Å². The third kappa shape index (κ3) is 4.41. The minimum Gasteiger partial charge on any atom is -0.365 e. The molecule has 0 bridgehead atoms. The van der Waals surface area contributed by atoms with E-state index in [1.165, 1.54) is 30.5 Å². The number of amides is 1. The lowest BCUT2D eigenvalue weighted by Gasteiger charge is -2.22. The van der Waals surface area contributed by atoms with Gasteiger partial charge >= 0.3 is 5.97 Å². The molecule has 8 nitrogen and oxygen atoms in total. The predicted molar refractivity (Wildman–Crippen MR) is 93.1 cm³/mol. The van der Waals surface area contributed by atoms with Gasteiger partial charge in [0, 0.05) is 11.6 Å². The van der Waals surface area contributed by atoms with Gasteiger partial charge in [-0.25, -0.2) is 9.18 Å². The number of carbonyl (C=O) groups is 2. The third-order valence-corrected chi connectivity index (χ3v) is 4.44. The van der Waals surface area contributed by atoms with Crippen molar-refractivity contribution in [2.24, 2.45) is 17.6 Å². The SMILES string of the molecule is N#CC1CCCC(C(=O)On2cc(C(N)=O)c(Nc3ccc(F)cc3)n2)C1. The van der Waals surface area contributed by atoms with Gasteiger partial charge in [-0.1, -0.05) is 11.3 Å². The highest BCUT2D eigenvalue weighted by Gasteiger charge is 2.29. The second-order valence-corrected chi connectivity index (χ2v) is 6.39. The molecule has 9 heteroatoms.